The third-order valence-corrected chi connectivity index (χ3v) is 8.86. The second kappa shape index (κ2) is 9.99. The van der Waals surface area contributed by atoms with Gasteiger partial charge in [0.2, 0.25) is 10.0 Å². The molecular weight excluding hydrogens is 571 g/mol. The Morgan fingerprint density at radius 1 is 1.02 bits per heavy atom. The number of furan rings is 1. The van der Waals surface area contributed by atoms with E-state index in [-0.39, 0.29) is 22.8 Å². The number of sulfonamides is 1. The summed E-state index contributed by atoms with van der Waals surface area (Å²) in [5, 5.41) is 3.12. The second-order valence-corrected chi connectivity index (χ2v) is 12.1. The van der Waals surface area contributed by atoms with Crippen LogP contribution in [0, 0.1) is 5.82 Å². The van der Waals surface area contributed by atoms with E-state index in [1.807, 2.05) is 47.0 Å². The van der Waals surface area contributed by atoms with E-state index in [2.05, 4.69) is 10.0 Å². The lowest BCUT2D eigenvalue weighted by molar-refractivity contribution is 0.0964. The third-order valence-electron chi connectivity index (χ3n) is 7.57. The highest BCUT2D eigenvalue weighted by atomic mass is 32.2. The Morgan fingerprint density at radius 2 is 1.81 bits per heavy atom. The number of rotatable bonds is 6. The zero-order valence-corrected chi connectivity index (χ0v) is 24.0. The smallest absolute Gasteiger partial charge is 0.255 e. The summed E-state index contributed by atoms with van der Waals surface area (Å²) in [5.41, 5.74) is 5.76. The van der Waals surface area contributed by atoms with Gasteiger partial charge >= 0.3 is 0 Å². The number of benzene rings is 3. The largest absolute Gasteiger partial charge is 0.487 e. The Kier molecular flexibility index (Phi) is 6.21. The highest BCUT2D eigenvalue weighted by molar-refractivity contribution is 7.92. The molecule has 3 aromatic carbocycles. The molecule has 0 fully saturated rings. The van der Waals surface area contributed by atoms with Crippen LogP contribution in [0.1, 0.15) is 23.0 Å². The number of carbonyl (C=O) groups is 1. The first-order valence-electron chi connectivity index (χ1n) is 13.6. The van der Waals surface area contributed by atoms with Gasteiger partial charge in [0.25, 0.3) is 5.91 Å². The monoisotopic (exact) mass is 596 g/mol. The van der Waals surface area contributed by atoms with Crippen LogP contribution in [0.3, 0.4) is 0 Å². The van der Waals surface area contributed by atoms with Crippen LogP contribution in [-0.4, -0.2) is 36.5 Å². The van der Waals surface area contributed by atoms with Gasteiger partial charge in [-0.3, -0.25) is 13.9 Å². The fourth-order valence-corrected chi connectivity index (χ4v) is 6.06. The number of pyridine rings is 1. The first-order valence-corrected chi connectivity index (χ1v) is 15.2. The minimum atomic E-state index is -3.69. The van der Waals surface area contributed by atoms with Crippen molar-refractivity contribution in [2.75, 3.05) is 17.5 Å². The van der Waals surface area contributed by atoms with Crippen LogP contribution in [0.2, 0.25) is 0 Å². The molecule has 0 unspecified atom stereocenters. The number of nitrogens with one attached hydrogen (secondary N) is 2. The number of ether oxygens (including phenoxy) is 1. The van der Waals surface area contributed by atoms with E-state index in [1.165, 1.54) is 31.3 Å². The van der Waals surface area contributed by atoms with E-state index in [0.717, 1.165) is 22.6 Å². The zero-order valence-electron chi connectivity index (χ0n) is 23.1. The summed E-state index contributed by atoms with van der Waals surface area (Å²) in [6.45, 7) is 1.90. The normalized spacial score (nSPS) is 12.5. The Hall–Kier alpha value is -5.16. The number of nitrogens with zero attached hydrogens (tertiary/aromatic N) is 2. The van der Waals surface area contributed by atoms with E-state index in [9.17, 15) is 17.6 Å². The topological polar surface area (TPSA) is 115 Å². The predicted octanol–water partition coefficient (Wildman–Crippen LogP) is 6.23. The van der Waals surface area contributed by atoms with Crippen LogP contribution in [-0.2, 0) is 16.6 Å². The van der Waals surface area contributed by atoms with Gasteiger partial charge in [-0.2, -0.15) is 0 Å². The molecule has 7 rings (SSSR count). The molecule has 2 N–H and O–H groups in total. The molecule has 1 amide bonds. The van der Waals surface area contributed by atoms with E-state index in [4.69, 9.17) is 14.1 Å². The minimum absolute atomic E-state index is 0.143. The van der Waals surface area contributed by atoms with Crippen LogP contribution in [0.5, 0.6) is 5.75 Å². The standard InChI is InChI=1S/C32H25FN4O5S/c1-3-43(39,40)36-24-16-27-22(29(32(38)34-2)31(42-27)18-7-10-20(33)11-8-18)15-21(24)19-9-12-26-23(14-19)30-25(17-41-26)37-13-5-4-6-28(37)35-30/h4-16,36H,3,17H2,1-2H3,(H,34,38). The first kappa shape index (κ1) is 26.7. The second-order valence-electron chi connectivity index (χ2n) is 10.1. The Balaban J connectivity index is 1.47. The summed E-state index contributed by atoms with van der Waals surface area (Å²) in [6, 6.07) is 20.3. The van der Waals surface area contributed by atoms with Crippen LogP contribution < -0.4 is 14.8 Å². The highest BCUT2D eigenvalue weighted by Gasteiger charge is 2.27. The maximum absolute atomic E-state index is 13.7. The SMILES string of the molecule is CCS(=O)(=O)Nc1cc2oc(-c3ccc(F)cc3)c(C(=O)NC)c2cc1-c1ccc2c(c1)-c1nc3ccccn3c1CO2. The Bertz CT molecular complexity index is 2190. The Morgan fingerprint density at radius 3 is 2.58 bits per heavy atom. The van der Waals surface area contributed by atoms with Crippen LogP contribution in [0.15, 0.2) is 83.4 Å². The molecule has 43 heavy (non-hydrogen) atoms. The van der Waals surface area contributed by atoms with Crippen molar-refractivity contribution in [3.05, 3.63) is 96.1 Å². The number of aromatic nitrogens is 2. The molecule has 1 aliphatic heterocycles. The van der Waals surface area contributed by atoms with E-state index >= 15 is 0 Å². The van der Waals surface area contributed by atoms with Crippen molar-refractivity contribution < 1.29 is 26.8 Å². The van der Waals surface area contributed by atoms with Gasteiger partial charge in [0.05, 0.1) is 28.4 Å². The number of hydrogen-bond donors (Lipinski definition) is 2. The van der Waals surface area contributed by atoms with Gasteiger partial charge in [-0.05, 0) is 67.1 Å². The molecule has 4 heterocycles. The highest BCUT2D eigenvalue weighted by Crippen LogP contribution is 2.44. The van der Waals surface area contributed by atoms with Gasteiger partial charge in [-0.15, -0.1) is 0 Å². The molecule has 216 valence electrons. The number of halogens is 1. The molecule has 0 spiro atoms. The fraction of sp³-hybridized carbons (Fsp3) is 0.125. The molecule has 3 aromatic heterocycles. The molecule has 0 saturated carbocycles. The van der Waals surface area contributed by atoms with Gasteiger partial charge in [0.1, 0.15) is 35.2 Å². The number of fused-ring (bicyclic) bond motifs is 6. The van der Waals surface area contributed by atoms with E-state index in [0.29, 0.717) is 40.0 Å². The number of anilines is 1. The van der Waals surface area contributed by atoms with Crippen molar-refractivity contribution in [2.24, 2.45) is 0 Å². The lowest BCUT2D eigenvalue weighted by atomic mass is 9.95. The quantitative estimate of drug-likeness (QED) is 0.235. The molecule has 0 atom stereocenters. The molecular formula is C32H25FN4O5S. The average Bonchev–Trinajstić information content (AvgIpc) is 3.59. The summed E-state index contributed by atoms with van der Waals surface area (Å²) < 4.78 is 56.2. The lowest BCUT2D eigenvalue weighted by Crippen LogP contribution is -2.18. The summed E-state index contributed by atoms with van der Waals surface area (Å²) in [7, 11) is -2.18. The molecule has 0 saturated heterocycles. The first-order chi connectivity index (χ1) is 20.8. The van der Waals surface area contributed by atoms with Gasteiger partial charge in [0, 0.05) is 41.4 Å². The van der Waals surface area contributed by atoms with Crippen molar-refractivity contribution in [3.63, 3.8) is 0 Å². The molecule has 1 aliphatic rings. The van der Waals surface area contributed by atoms with E-state index in [1.54, 1.807) is 19.1 Å². The Labute approximate surface area is 246 Å². The van der Waals surface area contributed by atoms with Crippen LogP contribution in [0.25, 0.3) is 50.3 Å². The van der Waals surface area contributed by atoms with Gasteiger partial charge in [-0.1, -0.05) is 12.1 Å². The fourth-order valence-electron chi connectivity index (χ4n) is 5.42. The maximum Gasteiger partial charge on any atom is 0.255 e. The molecule has 0 aliphatic carbocycles. The van der Waals surface area contributed by atoms with Crippen molar-refractivity contribution in [3.8, 4) is 39.5 Å². The summed E-state index contributed by atoms with van der Waals surface area (Å²) in [4.78, 5) is 18.0. The summed E-state index contributed by atoms with van der Waals surface area (Å²) >= 11 is 0. The van der Waals surface area contributed by atoms with Gasteiger partial charge < -0.3 is 14.5 Å². The van der Waals surface area contributed by atoms with Crippen LogP contribution in [0.4, 0.5) is 10.1 Å². The third kappa shape index (κ3) is 4.49. The maximum atomic E-state index is 13.7. The number of imidazole rings is 1. The molecule has 11 heteroatoms. The lowest BCUT2D eigenvalue weighted by Gasteiger charge is -2.19. The van der Waals surface area contributed by atoms with Crippen LogP contribution >= 0.6 is 0 Å². The molecule has 6 aromatic rings. The number of hydrogen-bond acceptors (Lipinski definition) is 6. The van der Waals surface area contributed by atoms with E-state index < -0.39 is 21.7 Å². The van der Waals surface area contributed by atoms with Crippen molar-refractivity contribution in [2.45, 2.75) is 13.5 Å². The van der Waals surface area contributed by atoms with Gasteiger partial charge in [-0.25, -0.2) is 17.8 Å². The minimum Gasteiger partial charge on any atom is -0.487 e. The molecule has 0 radical (unpaired) electrons. The summed E-state index contributed by atoms with van der Waals surface area (Å²) in [6.07, 6.45) is 1.93. The number of carbonyl (C=O) groups excluding carboxylic acids is 1. The number of amides is 1. The molecule has 9 nitrogen and oxygen atoms in total. The summed E-state index contributed by atoms with van der Waals surface area (Å²) in [5.74, 6) is -0.0761. The van der Waals surface area contributed by atoms with Gasteiger partial charge in [0.15, 0.2) is 0 Å². The van der Waals surface area contributed by atoms with Crippen molar-refractivity contribution in [1.82, 2.24) is 14.7 Å². The predicted molar refractivity (Wildman–Crippen MR) is 162 cm³/mol. The van der Waals surface area contributed by atoms with Crippen molar-refractivity contribution in [1.29, 1.82) is 0 Å². The average molecular weight is 597 g/mol. The van der Waals surface area contributed by atoms with Crippen molar-refractivity contribution >= 4 is 38.2 Å². The zero-order chi connectivity index (χ0) is 29.9. The molecule has 0 bridgehead atoms.